The summed E-state index contributed by atoms with van der Waals surface area (Å²) in [5, 5.41) is 2.82. The Labute approximate surface area is 139 Å². The highest BCUT2D eigenvalue weighted by Gasteiger charge is 2.37. The van der Waals surface area contributed by atoms with E-state index in [1.165, 1.54) is 38.5 Å². The molecule has 2 atom stereocenters. The van der Waals surface area contributed by atoms with Crippen molar-refractivity contribution in [3.05, 3.63) is 0 Å². The Bertz CT molecular complexity index is 409. The molecule has 1 aliphatic carbocycles. The molecule has 130 valence electrons. The molecule has 0 bridgehead atoms. The molecule has 2 amide bonds. The van der Waals surface area contributed by atoms with Crippen molar-refractivity contribution in [1.29, 1.82) is 0 Å². The van der Waals surface area contributed by atoms with E-state index in [9.17, 15) is 9.59 Å². The number of nitrogens with zero attached hydrogens (tertiary/aromatic N) is 2. The van der Waals surface area contributed by atoms with E-state index in [-0.39, 0.29) is 18.1 Å². The monoisotopic (exact) mass is 321 g/mol. The molecule has 0 spiro atoms. The van der Waals surface area contributed by atoms with Crippen LogP contribution in [0.4, 0.5) is 0 Å². The van der Waals surface area contributed by atoms with Crippen molar-refractivity contribution in [2.75, 3.05) is 19.6 Å². The summed E-state index contributed by atoms with van der Waals surface area (Å²) in [6, 6.07) is 0.0414. The second-order valence-corrected chi connectivity index (χ2v) is 7.48. The first-order chi connectivity index (χ1) is 11.3. The molecule has 2 heterocycles. The summed E-state index contributed by atoms with van der Waals surface area (Å²) in [5.74, 6) is 1.02. The minimum atomic E-state index is -0.0848. The fourth-order valence-electron chi connectivity index (χ4n) is 4.66. The standard InChI is InChI=1S/C18H31N3O2/c22-14-19-17-10-6-12-21(17)18(23)16-9-4-5-11-20(16)13-15-7-2-1-3-8-15/h14-17H,1-13H2,(H,19,22). The van der Waals surface area contributed by atoms with E-state index < -0.39 is 0 Å². The van der Waals surface area contributed by atoms with Gasteiger partial charge in [-0.25, -0.2) is 0 Å². The zero-order valence-electron chi connectivity index (χ0n) is 14.2. The molecule has 0 aromatic heterocycles. The summed E-state index contributed by atoms with van der Waals surface area (Å²) in [5.41, 5.74) is 0. The van der Waals surface area contributed by atoms with Crippen LogP contribution in [-0.2, 0) is 9.59 Å². The van der Waals surface area contributed by atoms with Crippen molar-refractivity contribution < 1.29 is 9.59 Å². The lowest BCUT2D eigenvalue weighted by atomic mass is 9.87. The molecule has 3 aliphatic rings. The van der Waals surface area contributed by atoms with Crippen LogP contribution < -0.4 is 5.32 Å². The van der Waals surface area contributed by atoms with Crippen molar-refractivity contribution in [1.82, 2.24) is 15.1 Å². The predicted molar refractivity (Wildman–Crippen MR) is 89.7 cm³/mol. The lowest BCUT2D eigenvalue weighted by molar-refractivity contribution is -0.140. The average Bonchev–Trinajstić information content (AvgIpc) is 3.04. The van der Waals surface area contributed by atoms with E-state index in [1.54, 1.807) is 0 Å². The molecule has 23 heavy (non-hydrogen) atoms. The number of carbonyl (C=O) groups excluding carboxylic acids is 2. The number of hydrogen-bond acceptors (Lipinski definition) is 3. The van der Waals surface area contributed by atoms with E-state index in [2.05, 4.69) is 10.2 Å². The lowest BCUT2D eigenvalue weighted by Gasteiger charge is -2.40. The minimum Gasteiger partial charge on any atom is -0.338 e. The molecule has 2 unspecified atom stereocenters. The summed E-state index contributed by atoms with van der Waals surface area (Å²) in [6.07, 6.45) is 12.6. The summed E-state index contributed by atoms with van der Waals surface area (Å²) in [6.45, 7) is 2.95. The highest BCUT2D eigenvalue weighted by atomic mass is 16.2. The van der Waals surface area contributed by atoms with Gasteiger partial charge in [0.15, 0.2) is 0 Å². The third-order valence-electron chi connectivity index (χ3n) is 5.91. The Kier molecular flexibility index (Phi) is 5.92. The van der Waals surface area contributed by atoms with Gasteiger partial charge in [-0.1, -0.05) is 25.7 Å². The molecule has 0 radical (unpaired) electrons. The fourth-order valence-corrected chi connectivity index (χ4v) is 4.66. The Morgan fingerprint density at radius 3 is 2.52 bits per heavy atom. The first kappa shape index (κ1) is 16.7. The molecule has 5 nitrogen and oxygen atoms in total. The number of hydrogen-bond donors (Lipinski definition) is 1. The maximum Gasteiger partial charge on any atom is 0.241 e. The van der Waals surface area contributed by atoms with Gasteiger partial charge in [-0.15, -0.1) is 0 Å². The fraction of sp³-hybridized carbons (Fsp3) is 0.889. The maximum absolute atomic E-state index is 13.1. The number of amides is 2. The SMILES string of the molecule is O=CNC1CCCN1C(=O)C1CCCCN1CC1CCCCC1. The van der Waals surface area contributed by atoms with Gasteiger partial charge in [0.25, 0.3) is 0 Å². The first-order valence-corrected chi connectivity index (χ1v) is 9.54. The van der Waals surface area contributed by atoms with Crippen LogP contribution in [0.25, 0.3) is 0 Å². The van der Waals surface area contributed by atoms with Gasteiger partial charge in [0, 0.05) is 13.1 Å². The van der Waals surface area contributed by atoms with Gasteiger partial charge in [-0.2, -0.15) is 0 Å². The molecule has 2 aliphatic heterocycles. The van der Waals surface area contributed by atoms with Gasteiger partial charge < -0.3 is 10.2 Å². The van der Waals surface area contributed by atoms with Crippen LogP contribution >= 0.6 is 0 Å². The van der Waals surface area contributed by atoms with Crippen molar-refractivity contribution in [3.63, 3.8) is 0 Å². The lowest BCUT2D eigenvalue weighted by Crippen LogP contribution is -2.55. The van der Waals surface area contributed by atoms with Crippen LogP contribution in [-0.4, -0.2) is 54.0 Å². The van der Waals surface area contributed by atoms with Crippen molar-refractivity contribution in [2.45, 2.75) is 76.4 Å². The van der Waals surface area contributed by atoms with Gasteiger partial charge in [-0.3, -0.25) is 14.5 Å². The maximum atomic E-state index is 13.1. The van der Waals surface area contributed by atoms with Crippen LogP contribution in [0.5, 0.6) is 0 Å². The van der Waals surface area contributed by atoms with Crippen LogP contribution in [0.2, 0.25) is 0 Å². The third-order valence-corrected chi connectivity index (χ3v) is 5.91. The normalized spacial score (nSPS) is 30.3. The Morgan fingerprint density at radius 1 is 0.957 bits per heavy atom. The molecule has 1 saturated carbocycles. The number of rotatable bonds is 5. The van der Waals surface area contributed by atoms with E-state index >= 15 is 0 Å². The second kappa shape index (κ2) is 8.13. The largest absolute Gasteiger partial charge is 0.338 e. The average molecular weight is 321 g/mol. The molecule has 3 fully saturated rings. The van der Waals surface area contributed by atoms with Gasteiger partial charge in [0.1, 0.15) is 6.17 Å². The van der Waals surface area contributed by atoms with E-state index in [0.29, 0.717) is 0 Å². The van der Waals surface area contributed by atoms with E-state index in [4.69, 9.17) is 0 Å². The zero-order chi connectivity index (χ0) is 16.1. The summed E-state index contributed by atoms with van der Waals surface area (Å²) in [7, 11) is 0. The molecular weight excluding hydrogens is 290 g/mol. The van der Waals surface area contributed by atoms with Crippen molar-refractivity contribution in [2.24, 2.45) is 5.92 Å². The number of nitrogens with one attached hydrogen (secondary N) is 1. The van der Waals surface area contributed by atoms with E-state index in [0.717, 1.165) is 57.6 Å². The zero-order valence-corrected chi connectivity index (χ0v) is 14.2. The highest BCUT2D eigenvalue weighted by molar-refractivity contribution is 5.82. The second-order valence-electron chi connectivity index (χ2n) is 7.48. The molecule has 3 rings (SSSR count). The van der Waals surface area contributed by atoms with Gasteiger partial charge in [-0.05, 0) is 51.0 Å². The Hall–Kier alpha value is -1.10. The summed E-state index contributed by atoms with van der Waals surface area (Å²) < 4.78 is 0. The predicted octanol–water partition coefficient (Wildman–Crippen LogP) is 2.12. The third kappa shape index (κ3) is 4.06. The molecule has 2 saturated heterocycles. The van der Waals surface area contributed by atoms with Crippen molar-refractivity contribution >= 4 is 12.3 Å². The van der Waals surface area contributed by atoms with Gasteiger partial charge in [0.05, 0.1) is 6.04 Å². The molecule has 0 aromatic rings. The topological polar surface area (TPSA) is 52.7 Å². The summed E-state index contributed by atoms with van der Waals surface area (Å²) in [4.78, 5) is 28.2. The Balaban J connectivity index is 1.62. The van der Waals surface area contributed by atoms with Crippen LogP contribution in [0, 0.1) is 5.92 Å². The van der Waals surface area contributed by atoms with Gasteiger partial charge >= 0.3 is 0 Å². The number of carbonyl (C=O) groups is 2. The molecule has 5 heteroatoms. The summed E-state index contributed by atoms with van der Waals surface area (Å²) >= 11 is 0. The van der Waals surface area contributed by atoms with Gasteiger partial charge in [0.2, 0.25) is 12.3 Å². The quantitative estimate of drug-likeness (QED) is 0.789. The van der Waals surface area contributed by atoms with E-state index in [1.807, 2.05) is 4.90 Å². The van der Waals surface area contributed by atoms with Crippen molar-refractivity contribution in [3.8, 4) is 0 Å². The number of likely N-dealkylation sites (tertiary alicyclic amines) is 2. The minimum absolute atomic E-state index is 0.0414. The molecular formula is C18H31N3O2. The Morgan fingerprint density at radius 2 is 1.74 bits per heavy atom. The first-order valence-electron chi connectivity index (χ1n) is 9.54. The van der Waals surface area contributed by atoms with Crippen LogP contribution in [0.3, 0.4) is 0 Å². The van der Waals surface area contributed by atoms with Crippen LogP contribution in [0.1, 0.15) is 64.2 Å². The molecule has 1 N–H and O–H groups in total. The number of piperidine rings is 1. The molecule has 0 aromatic carbocycles. The highest BCUT2D eigenvalue weighted by Crippen LogP contribution is 2.28. The van der Waals surface area contributed by atoms with Crippen LogP contribution in [0.15, 0.2) is 0 Å². The smallest absolute Gasteiger partial charge is 0.241 e.